The van der Waals surface area contributed by atoms with Crippen LogP contribution in [-0.2, 0) is 14.3 Å². The number of hydrogen-bond donors (Lipinski definition) is 2. The Hall–Kier alpha value is -3.06. The molecule has 1 aliphatic heterocycles. The van der Waals surface area contributed by atoms with E-state index in [0.29, 0.717) is 22.5 Å². The maximum Gasteiger partial charge on any atom is 0.343 e. The van der Waals surface area contributed by atoms with E-state index >= 15 is 0 Å². The minimum Gasteiger partial charge on any atom is -0.508 e. The first kappa shape index (κ1) is 20.7. The molecule has 154 valence electrons. The predicted octanol–water partition coefficient (Wildman–Crippen LogP) is 2.75. The molecule has 0 saturated heterocycles. The van der Waals surface area contributed by atoms with Crippen molar-refractivity contribution in [3.8, 4) is 11.5 Å². The molecule has 1 heterocycles. The lowest BCUT2D eigenvalue weighted by Crippen LogP contribution is -2.54. The molecule has 1 aromatic carbocycles. The molecule has 7 nitrogen and oxygen atoms in total. The number of allylic oxidation sites excluding steroid dienone is 3. The zero-order valence-corrected chi connectivity index (χ0v) is 16.8. The van der Waals surface area contributed by atoms with Crippen LogP contribution in [0.3, 0.4) is 0 Å². The van der Waals surface area contributed by atoms with Crippen LogP contribution in [0.15, 0.2) is 47.3 Å². The van der Waals surface area contributed by atoms with E-state index in [9.17, 15) is 19.8 Å². The van der Waals surface area contributed by atoms with Crippen LogP contribution in [0.2, 0.25) is 0 Å². The van der Waals surface area contributed by atoms with Gasteiger partial charge in [-0.2, -0.15) is 0 Å². The number of aliphatic hydroxyl groups is 1. The number of carbonyl (C=O) groups is 2. The highest BCUT2D eigenvalue weighted by Crippen LogP contribution is 2.38. The van der Waals surface area contributed by atoms with E-state index in [4.69, 9.17) is 14.2 Å². The molecule has 0 saturated carbocycles. The Morgan fingerprint density at radius 3 is 2.76 bits per heavy atom. The normalized spacial score (nSPS) is 24.1. The lowest BCUT2D eigenvalue weighted by atomic mass is 9.77. The number of carbonyl (C=O) groups excluding carboxylic acids is 2. The van der Waals surface area contributed by atoms with Gasteiger partial charge < -0.3 is 24.4 Å². The number of benzene rings is 1. The fourth-order valence-corrected chi connectivity index (χ4v) is 3.57. The second-order valence-electron chi connectivity index (χ2n) is 7.22. The molecule has 7 heteroatoms. The van der Waals surface area contributed by atoms with Gasteiger partial charge in [0, 0.05) is 18.1 Å². The number of methoxy groups -OCH3 is 1. The highest BCUT2D eigenvalue weighted by atomic mass is 16.6. The molecular weight excluding hydrogens is 376 g/mol. The summed E-state index contributed by atoms with van der Waals surface area (Å²) in [6.07, 6.45) is 4.24. The van der Waals surface area contributed by atoms with Crippen LogP contribution >= 0.6 is 0 Å². The summed E-state index contributed by atoms with van der Waals surface area (Å²) < 4.78 is 16.3. The first-order valence-electron chi connectivity index (χ1n) is 9.24. The van der Waals surface area contributed by atoms with Gasteiger partial charge >= 0.3 is 5.97 Å². The van der Waals surface area contributed by atoms with Gasteiger partial charge in [-0.3, -0.25) is 4.79 Å². The summed E-state index contributed by atoms with van der Waals surface area (Å²) in [6, 6.07) is 2.68. The molecule has 0 fully saturated rings. The van der Waals surface area contributed by atoms with Crippen molar-refractivity contribution >= 4 is 11.8 Å². The summed E-state index contributed by atoms with van der Waals surface area (Å²) in [7, 11) is 1.36. The van der Waals surface area contributed by atoms with Gasteiger partial charge in [-0.1, -0.05) is 6.08 Å². The minimum absolute atomic E-state index is 0.0474. The van der Waals surface area contributed by atoms with Gasteiger partial charge in [0.15, 0.2) is 5.60 Å². The average Bonchev–Trinajstić information content (AvgIpc) is 2.66. The fourth-order valence-electron chi connectivity index (χ4n) is 3.57. The van der Waals surface area contributed by atoms with Crippen molar-refractivity contribution in [2.24, 2.45) is 0 Å². The summed E-state index contributed by atoms with van der Waals surface area (Å²) in [5.41, 5.74) is -0.197. The lowest BCUT2D eigenvalue weighted by Gasteiger charge is -2.39. The van der Waals surface area contributed by atoms with Crippen molar-refractivity contribution in [2.45, 2.75) is 38.9 Å². The molecule has 2 aliphatic rings. The molecule has 29 heavy (non-hydrogen) atoms. The molecule has 0 amide bonds. The van der Waals surface area contributed by atoms with Gasteiger partial charge in [0.25, 0.3) is 0 Å². The largest absolute Gasteiger partial charge is 0.508 e. The predicted molar refractivity (Wildman–Crippen MR) is 105 cm³/mol. The quantitative estimate of drug-likeness (QED) is 0.749. The molecule has 0 aromatic heterocycles. The summed E-state index contributed by atoms with van der Waals surface area (Å²) in [5.74, 6) is -0.648. The molecule has 0 radical (unpaired) electrons. The Labute approximate surface area is 168 Å². The van der Waals surface area contributed by atoms with Crippen molar-refractivity contribution < 1.29 is 34.0 Å². The lowest BCUT2D eigenvalue weighted by molar-refractivity contribution is -0.147. The number of aromatic hydroxyl groups is 1. The molecule has 0 spiro atoms. The van der Waals surface area contributed by atoms with E-state index in [0.717, 1.165) is 0 Å². The standard InChI is InChI=1S/C22H24O7/c1-5-6-15-8-13-9-18(24)22(3,20(25)16(13)11-28-15)29-21(26)19-12(2)7-14(23)10-17(19)27-4/h5-8,10,18,23-24H,9,11H2,1-4H3/b6-5+. The van der Waals surface area contributed by atoms with Crippen LogP contribution < -0.4 is 4.74 Å². The van der Waals surface area contributed by atoms with Crippen LogP contribution in [-0.4, -0.2) is 47.4 Å². The van der Waals surface area contributed by atoms with Crippen LogP contribution in [0.4, 0.5) is 0 Å². The van der Waals surface area contributed by atoms with Crippen molar-refractivity contribution in [2.75, 3.05) is 13.7 Å². The third-order valence-corrected chi connectivity index (χ3v) is 5.21. The summed E-state index contributed by atoms with van der Waals surface area (Å²) in [5, 5.41) is 20.4. The van der Waals surface area contributed by atoms with E-state index in [-0.39, 0.29) is 30.1 Å². The summed E-state index contributed by atoms with van der Waals surface area (Å²) >= 11 is 0. The van der Waals surface area contributed by atoms with Gasteiger partial charge in [-0.15, -0.1) is 0 Å². The maximum absolute atomic E-state index is 13.1. The molecule has 1 aromatic rings. The minimum atomic E-state index is -1.76. The molecule has 2 N–H and O–H groups in total. The third-order valence-electron chi connectivity index (χ3n) is 5.21. The van der Waals surface area contributed by atoms with Crippen LogP contribution in [0.25, 0.3) is 0 Å². The number of aryl methyl sites for hydroxylation is 1. The van der Waals surface area contributed by atoms with Crippen LogP contribution in [0.1, 0.15) is 36.2 Å². The van der Waals surface area contributed by atoms with E-state index in [2.05, 4.69) is 0 Å². The highest BCUT2D eigenvalue weighted by molar-refractivity contribution is 6.07. The summed E-state index contributed by atoms with van der Waals surface area (Å²) in [4.78, 5) is 26.0. The monoisotopic (exact) mass is 400 g/mol. The Balaban J connectivity index is 1.94. The zero-order valence-electron chi connectivity index (χ0n) is 16.8. The maximum atomic E-state index is 13.1. The molecule has 2 unspecified atom stereocenters. The molecule has 3 rings (SSSR count). The fraction of sp³-hybridized carbons (Fsp3) is 0.364. The number of phenols is 1. The first-order valence-corrected chi connectivity index (χ1v) is 9.24. The second-order valence-corrected chi connectivity index (χ2v) is 7.22. The molecule has 2 atom stereocenters. The van der Waals surface area contributed by atoms with Crippen LogP contribution in [0, 0.1) is 6.92 Å². The number of phenolic OH excluding ortho intramolecular Hbond substituents is 1. The van der Waals surface area contributed by atoms with E-state index in [1.807, 2.05) is 13.0 Å². The van der Waals surface area contributed by atoms with Gasteiger partial charge in [0.2, 0.25) is 5.78 Å². The number of aliphatic hydroxyl groups excluding tert-OH is 1. The van der Waals surface area contributed by atoms with Gasteiger partial charge in [-0.25, -0.2) is 4.79 Å². The highest BCUT2D eigenvalue weighted by Gasteiger charge is 2.50. The van der Waals surface area contributed by atoms with E-state index in [1.54, 1.807) is 19.1 Å². The summed E-state index contributed by atoms with van der Waals surface area (Å²) in [6.45, 7) is 4.91. The number of Topliss-reactive ketones (excluding diaryl/α,β-unsaturated/α-hetero) is 1. The topological polar surface area (TPSA) is 102 Å². The second kappa shape index (κ2) is 7.75. The Kier molecular flexibility index (Phi) is 5.53. The zero-order chi connectivity index (χ0) is 21.3. The van der Waals surface area contributed by atoms with E-state index < -0.39 is 23.5 Å². The number of rotatable bonds is 4. The first-order chi connectivity index (χ1) is 13.7. The van der Waals surface area contributed by atoms with Gasteiger partial charge in [0.1, 0.15) is 35.5 Å². The molecule has 1 aliphatic carbocycles. The number of esters is 1. The molecular formula is C22H24O7. The number of ether oxygens (including phenoxy) is 3. The van der Waals surface area contributed by atoms with Crippen LogP contribution in [0.5, 0.6) is 11.5 Å². The van der Waals surface area contributed by atoms with Gasteiger partial charge in [0.05, 0.1) is 7.11 Å². The average molecular weight is 400 g/mol. The smallest absolute Gasteiger partial charge is 0.343 e. The van der Waals surface area contributed by atoms with E-state index in [1.165, 1.54) is 26.2 Å². The molecule has 0 bridgehead atoms. The number of ketones is 1. The van der Waals surface area contributed by atoms with Crippen molar-refractivity contribution in [3.63, 3.8) is 0 Å². The van der Waals surface area contributed by atoms with Gasteiger partial charge in [-0.05, 0) is 50.1 Å². The van der Waals surface area contributed by atoms with Crippen molar-refractivity contribution in [1.29, 1.82) is 0 Å². The Morgan fingerprint density at radius 2 is 2.10 bits per heavy atom. The third kappa shape index (κ3) is 3.65. The van der Waals surface area contributed by atoms with Crippen molar-refractivity contribution in [3.05, 3.63) is 58.4 Å². The Morgan fingerprint density at radius 1 is 1.38 bits per heavy atom. The number of hydrogen-bond acceptors (Lipinski definition) is 7. The SMILES string of the molecule is C/C=C/C1=CC2=C(CO1)C(=O)C(C)(OC(=O)c1c(C)cc(O)cc1OC)C(O)C2. The Bertz CT molecular complexity index is 954. The van der Waals surface area contributed by atoms with Crippen molar-refractivity contribution in [1.82, 2.24) is 0 Å².